The number of fused-ring (bicyclic) bond motifs is 5. The fourth-order valence-corrected chi connectivity index (χ4v) is 6.84. The molecule has 0 aliphatic carbocycles. The SMILES string of the molecule is C=Cc1c(C)/c2[nH]/c1=C\C1=NC(=C\C3N=C(C(C(=O)OC)=C3C)/C(CC(=O)OC)=C3N=C(\C=2)[C@@H](C)[C@@H]\3CCC(=O)OC)/C(CC)=C1C.[Zn+2]. The molecule has 1 aromatic rings. The number of esters is 3. The number of hydrogen-bond acceptors (Lipinski definition) is 9. The van der Waals surface area contributed by atoms with Gasteiger partial charge in [-0.2, -0.15) is 0 Å². The third-order valence-electron chi connectivity index (χ3n) is 9.64. The van der Waals surface area contributed by atoms with Crippen molar-refractivity contribution in [2.75, 3.05) is 21.3 Å². The smallest absolute Gasteiger partial charge is 0.469 e. The van der Waals surface area contributed by atoms with E-state index in [4.69, 9.17) is 29.2 Å². The molecule has 4 aliphatic heterocycles. The molecular formula is C37H42N4O6Zn+2. The Balaban J connectivity index is 0.00000520. The fourth-order valence-electron chi connectivity index (χ4n) is 6.84. The molecular weight excluding hydrogens is 662 g/mol. The van der Waals surface area contributed by atoms with E-state index in [0.717, 1.165) is 56.5 Å². The van der Waals surface area contributed by atoms with Gasteiger partial charge in [-0.05, 0) is 74.1 Å². The van der Waals surface area contributed by atoms with Crippen LogP contribution in [0.4, 0.5) is 0 Å². The van der Waals surface area contributed by atoms with Crippen LogP contribution in [0, 0.1) is 18.8 Å². The molecule has 1 unspecified atom stereocenters. The molecule has 246 valence electrons. The minimum atomic E-state index is -0.562. The van der Waals surface area contributed by atoms with Crippen molar-refractivity contribution in [1.29, 1.82) is 0 Å². The average Bonchev–Trinajstić information content (AvgIpc) is 3.74. The van der Waals surface area contributed by atoms with Gasteiger partial charge in [-0.25, -0.2) is 9.79 Å². The summed E-state index contributed by atoms with van der Waals surface area (Å²) in [5.41, 5.74) is 8.84. The minimum Gasteiger partial charge on any atom is -0.469 e. The molecule has 5 rings (SSSR count). The van der Waals surface area contributed by atoms with Gasteiger partial charge in [0.15, 0.2) is 0 Å². The molecule has 10 nitrogen and oxygen atoms in total. The number of ether oxygens (including phenoxy) is 3. The standard InChI is InChI=1S/C37H42N4O6.Zn/c1-10-22-18(3)26-15-28-20(5)24(12-13-32(42)45-7)35(40-28)25(14-33(43)46-8)36-34(37(44)47-9)21(6)29(41-36)17-31-23(11-2)19(4)27(39-31)16-30(22)38-26;/h10,15-17,20,24,29,38H,1,11-14H2,2-9H3;/q;+2/b26-15-,30-16-,31-17-,35-25-;/t20-,24-,29?;/m0./s1. The molecule has 0 amide bonds. The molecule has 1 N–H and O–H groups in total. The number of allylic oxidation sites excluding steroid dienone is 3. The van der Waals surface area contributed by atoms with Gasteiger partial charge in [0.2, 0.25) is 0 Å². The Morgan fingerprint density at radius 2 is 1.69 bits per heavy atom. The van der Waals surface area contributed by atoms with Crippen LogP contribution in [0.2, 0.25) is 0 Å². The number of nitrogens with zero attached hydrogens (tertiary/aromatic N) is 3. The molecule has 0 saturated heterocycles. The van der Waals surface area contributed by atoms with Gasteiger partial charge < -0.3 is 19.2 Å². The molecule has 5 heterocycles. The Kier molecular flexibility index (Phi) is 11.4. The van der Waals surface area contributed by atoms with Gasteiger partial charge in [-0.3, -0.25) is 19.6 Å². The van der Waals surface area contributed by atoms with Crippen LogP contribution < -0.4 is 10.7 Å². The number of aliphatic imine (C=N–C) groups is 3. The van der Waals surface area contributed by atoms with Gasteiger partial charge in [0.25, 0.3) is 0 Å². The molecule has 1 aromatic heterocycles. The maximum Gasteiger partial charge on any atom is 2.00 e. The Morgan fingerprint density at radius 1 is 0.979 bits per heavy atom. The first-order valence-electron chi connectivity index (χ1n) is 15.9. The topological polar surface area (TPSA) is 132 Å². The number of aromatic amines is 1. The molecule has 0 spiro atoms. The average molecular weight is 704 g/mol. The van der Waals surface area contributed by atoms with Gasteiger partial charge in [0.05, 0.1) is 62.2 Å². The van der Waals surface area contributed by atoms with Crippen molar-refractivity contribution < 1.29 is 48.1 Å². The summed E-state index contributed by atoms with van der Waals surface area (Å²) in [6, 6.07) is -0.543. The number of aromatic nitrogens is 1. The van der Waals surface area contributed by atoms with Crippen LogP contribution in [0.5, 0.6) is 0 Å². The van der Waals surface area contributed by atoms with E-state index in [1.165, 1.54) is 21.3 Å². The largest absolute Gasteiger partial charge is 2.00 e. The number of carbonyl (C=O) groups excluding carboxylic acids is 3. The van der Waals surface area contributed by atoms with Crippen molar-refractivity contribution >= 4 is 53.3 Å². The van der Waals surface area contributed by atoms with Gasteiger partial charge >= 0.3 is 37.4 Å². The summed E-state index contributed by atoms with van der Waals surface area (Å²) in [5, 5.41) is 1.74. The van der Waals surface area contributed by atoms with E-state index < -0.39 is 18.0 Å². The first kappa shape index (κ1) is 36.6. The summed E-state index contributed by atoms with van der Waals surface area (Å²) >= 11 is 0. The second-order valence-electron chi connectivity index (χ2n) is 12.1. The number of nitrogens with one attached hydrogen (secondary N) is 1. The van der Waals surface area contributed by atoms with E-state index in [-0.39, 0.29) is 55.7 Å². The third kappa shape index (κ3) is 6.57. The van der Waals surface area contributed by atoms with Crippen molar-refractivity contribution in [2.45, 2.75) is 66.3 Å². The summed E-state index contributed by atoms with van der Waals surface area (Å²) in [5.74, 6) is -1.85. The van der Waals surface area contributed by atoms with E-state index in [1.807, 2.05) is 45.1 Å². The van der Waals surface area contributed by atoms with Crippen molar-refractivity contribution in [3.63, 3.8) is 0 Å². The monoisotopic (exact) mass is 702 g/mol. The molecule has 8 bridgehead atoms. The Hall–Kier alpha value is -4.24. The summed E-state index contributed by atoms with van der Waals surface area (Å²) in [7, 11) is 4.00. The number of methoxy groups -OCH3 is 3. The summed E-state index contributed by atoms with van der Waals surface area (Å²) in [6.45, 7) is 14.2. The second kappa shape index (κ2) is 14.9. The molecule has 0 radical (unpaired) electrons. The summed E-state index contributed by atoms with van der Waals surface area (Å²) < 4.78 is 15.4. The molecule has 48 heavy (non-hydrogen) atoms. The van der Waals surface area contributed by atoms with Crippen molar-refractivity contribution in [1.82, 2.24) is 4.98 Å². The number of rotatable bonds is 8. The molecule has 0 fully saturated rings. The van der Waals surface area contributed by atoms with Crippen molar-refractivity contribution in [3.05, 3.63) is 73.7 Å². The van der Waals surface area contributed by atoms with E-state index in [1.54, 1.807) is 0 Å². The summed E-state index contributed by atoms with van der Waals surface area (Å²) in [6.07, 6.45) is 8.99. The van der Waals surface area contributed by atoms with E-state index in [0.29, 0.717) is 29.0 Å². The maximum absolute atomic E-state index is 13.4. The van der Waals surface area contributed by atoms with Gasteiger partial charge in [0, 0.05) is 45.8 Å². The van der Waals surface area contributed by atoms with E-state index in [9.17, 15) is 14.4 Å². The first-order chi connectivity index (χ1) is 22.5. The Labute approximate surface area is 293 Å². The predicted molar refractivity (Wildman–Crippen MR) is 183 cm³/mol. The molecule has 0 saturated carbocycles. The van der Waals surface area contributed by atoms with Crippen LogP contribution in [-0.2, 0) is 48.1 Å². The number of H-pyrrole nitrogens is 1. The van der Waals surface area contributed by atoms with E-state index >= 15 is 0 Å². The number of carbonyl (C=O) groups is 3. The molecule has 4 aliphatic rings. The molecule has 0 aromatic carbocycles. The Bertz CT molecular complexity index is 1930. The second-order valence-corrected chi connectivity index (χ2v) is 12.1. The van der Waals surface area contributed by atoms with Crippen LogP contribution in [0.3, 0.4) is 0 Å². The van der Waals surface area contributed by atoms with Crippen LogP contribution in [0.1, 0.15) is 64.5 Å². The summed E-state index contributed by atoms with van der Waals surface area (Å²) in [4.78, 5) is 57.6. The Morgan fingerprint density at radius 3 is 2.31 bits per heavy atom. The molecule has 3 atom stereocenters. The van der Waals surface area contributed by atoms with Crippen LogP contribution in [-0.4, -0.2) is 67.4 Å². The zero-order valence-corrected chi connectivity index (χ0v) is 32.0. The number of hydrogen-bond donors (Lipinski definition) is 1. The quantitative estimate of drug-likeness (QED) is 0.243. The van der Waals surface area contributed by atoms with Gasteiger partial charge in [0.1, 0.15) is 0 Å². The van der Waals surface area contributed by atoms with Crippen molar-refractivity contribution in [2.24, 2.45) is 26.8 Å². The third-order valence-corrected chi connectivity index (χ3v) is 9.64. The van der Waals surface area contributed by atoms with Gasteiger partial charge in [-0.1, -0.05) is 26.5 Å². The predicted octanol–water partition coefficient (Wildman–Crippen LogP) is 4.39. The van der Waals surface area contributed by atoms with Crippen LogP contribution >= 0.6 is 0 Å². The normalized spacial score (nSPS) is 25.4. The van der Waals surface area contributed by atoms with Crippen LogP contribution in [0.15, 0.2) is 66.9 Å². The molecule has 11 heteroatoms. The fraction of sp³-hybridized carbons (Fsp3) is 0.405. The maximum atomic E-state index is 13.4. The zero-order valence-electron chi connectivity index (χ0n) is 29.1. The zero-order chi connectivity index (χ0) is 34.2. The minimum absolute atomic E-state index is 0. The first-order valence-corrected chi connectivity index (χ1v) is 15.9. The van der Waals surface area contributed by atoms with Gasteiger partial charge in [-0.15, -0.1) is 0 Å². The van der Waals surface area contributed by atoms with E-state index in [2.05, 4.69) is 25.4 Å². The van der Waals surface area contributed by atoms with Crippen molar-refractivity contribution in [3.8, 4) is 0 Å². The van der Waals surface area contributed by atoms with Crippen LogP contribution in [0.25, 0.3) is 18.2 Å².